The van der Waals surface area contributed by atoms with Gasteiger partial charge in [0.2, 0.25) is 0 Å². The van der Waals surface area contributed by atoms with E-state index in [9.17, 15) is 0 Å². The fourth-order valence-electron chi connectivity index (χ4n) is 0.599. The molecule has 0 bridgehead atoms. The van der Waals surface area contributed by atoms with Gasteiger partial charge in [0.15, 0.2) is 0 Å². The molecule has 2 nitrogen and oxygen atoms in total. The van der Waals surface area contributed by atoms with Crippen LogP contribution in [0.25, 0.3) is 0 Å². The summed E-state index contributed by atoms with van der Waals surface area (Å²) >= 11 is 0. The minimum atomic E-state index is 0.917. The van der Waals surface area contributed by atoms with Crippen LogP contribution in [0.4, 0.5) is 0 Å². The molecule has 0 aromatic carbocycles. The second-order valence-corrected chi connectivity index (χ2v) is 2.44. The zero-order valence-corrected chi connectivity index (χ0v) is 7.14. The minimum absolute atomic E-state index is 0.917. The van der Waals surface area contributed by atoms with Gasteiger partial charge in [-0.3, -0.25) is 0 Å². The van der Waals surface area contributed by atoms with Crippen molar-refractivity contribution in [2.45, 2.75) is 39.5 Å². The zero-order chi connectivity index (χ0) is 7.66. The predicted molar refractivity (Wildman–Crippen MR) is 44.4 cm³/mol. The van der Waals surface area contributed by atoms with Gasteiger partial charge in [-0.1, -0.05) is 26.7 Å². The van der Waals surface area contributed by atoms with E-state index in [1.54, 1.807) is 0 Å². The number of nitrogens with zero attached hydrogens (tertiary/aromatic N) is 2. The number of hydrogen-bond acceptors (Lipinski definition) is 2. The highest BCUT2D eigenvalue weighted by Gasteiger charge is 1.80. The lowest BCUT2D eigenvalue weighted by Crippen LogP contribution is -1.80. The van der Waals surface area contributed by atoms with E-state index in [0.29, 0.717) is 0 Å². The summed E-state index contributed by atoms with van der Waals surface area (Å²) in [7, 11) is 0. The monoisotopic (exact) mass is 142 g/mol. The summed E-state index contributed by atoms with van der Waals surface area (Å²) in [6.07, 6.45) is 4.78. The highest BCUT2D eigenvalue weighted by Crippen LogP contribution is 1.90. The zero-order valence-electron chi connectivity index (χ0n) is 7.14. The number of hydrogen-bond donors (Lipinski definition) is 0. The minimum Gasteiger partial charge on any atom is -0.194 e. The first-order valence-electron chi connectivity index (χ1n) is 4.25. The van der Waals surface area contributed by atoms with E-state index in [1.165, 1.54) is 25.7 Å². The third-order valence-electron chi connectivity index (χ3n) is 1.32. The third kappa shape index (κ3) is 7.60. The van der Waals surface area contributed by atoms with Crippen LogP contribution in [0.2, 0.25) is 0 Å². The molecule has 0 saturated carbocycles. The van der Waals surface area contributed by atoms with Crippen LogP contribution in [0.3, 0.4) is 0 Å². The smallest absolute Gasteiger partial charge is 0.0598 e. The Hall–Kier alpha value is -0.400. The summed E-state index contributed by atoms with van der Waals surface area (Å²) in [6.45, 7) is 6.17. The van der Waals surface area contributed by atoms with Crippen molar-refractivity contribution in [1.29, 1.82) is 0 Å². The number of unbranched alkanes of at least 4 members (excludes halogenated alkanes) is 2. The fraction of sp³-hybridized carbons (Fsp3) is 1.00. The van der Waals surface area contributed by atoms with Gasteiger partial charge in [-0.15, -0.1) is 0 Å². The molecule has 10 heavy (non-hydrogen) atoms. The standard InChI is InChI=1S/C8H18N2/c1-3-5-7-9-10-8-6-4-2/h3-8H2,1-2H3. The molecule has 0 fully saturated rings. The molecule has 0 aliphatic carbocycles. The van der Waals surface area contributed by atoms with Crippen LogP contribution < -0.4 is 0 Å². The first-order valence-corrected chi connectivity index (χ1v) is 4.25. The maximum absolute atomic E-state index is 4.02. The van der Waals surface area contributed by atoms with Gasteiger partial charge < -0.3 is 0 Å². The molecule has 0 saturated heterocycles. The van der Waals surface area contributed by atoms with Crippen LogP contribution in [0, 0.1) is 0 Å². The largest absolute Gasteiger partial charge is 0.194 e. The Morgan fingerprint density at radius 3 is 1.50 bits per heavy atom. The van der Waals surface area contributed by atoms with Crippen LogP contribution >= 0.6 is 0 Å². The Bertz CT molecular complexity index is 69.3. The molecule has 0 aromatic rings. The molecule has 0 N–H and O–H groups in total. The topological polar surface area (TPSA) is 24.7 Å². The molecular weight excluding hydrogens is 124 g/mol. The van der Waals surface area contributed by atoms with Gasteiger partial charge in [0.25, 0.3) is 0 Å². The molecule has 0 atom stereocenters. The van der Waals surface area contributed by atoms with Crippen molar-refractivity contribution in [2.75, 3.05) is 13.1 Å². The lowest BCUT2D eigenvalue weighted by molar-refractivity contribution is 0.720. The van der Waals surface area contributed by atoms with Gasteiger partial charge >= 0.3 is 0 Å². The Balaban J connectivity index is 2.89. The summed E-state index contributed by atoms with van der Waals surface area (Å²) in [5.41, 5.74) is 0. The molecule has 0 aromatic heterocycles. The van der Waals surface area contributed by atoms with Crippen molar-refractivity contribution in [3.63, 3.8) is 0 Å². The van der Waals surface area contributed by atoms with Gasteiger partial charge in [0.05, 0.1) is 13.1 Å². The van der Waals surface area contributed by atoms with E-state index in [-0.39, 0.29) is 0 Å². The SMILES string of the molecule is CCCCN=NCCCC. The van der Waals surface area contributed by atoms with E-state index in [4.69, 9.17) is 0 Å². The molecule has 0 aliphatic rings. The Morgan fingerprint density at radius 1 is 0.800 bits per heavy atom. The van der Waals surface area contributed by atoms with E-state index in [0.717, 1.165) is 13.1 Å². The van der Waals surface area contributed by atoms with Crippen molar-refractivity contribution < 1.29 is 0 Å². The maximum atomic E-state index is 4.02. The van der Waals surface area contributed by atoms with Crippen LogP contribution in [0.15, 0.2) is 10.2 Å². The van der Waals surface area contributed by atoms with Gasteiger partial charge in [-0.05, 0) is 12.8 Å². The lowest BCUT2D eigenvalue weighted by Gasteiger charge is -1.89. The van der Waals surface area contributed by atoms with Crippen molar-refractivity contribution in [3.05, 3.63) is 0 Å². The first kappa shape index (κ1) is 9.60. The second-order valence-electron chi connectivity index (χ2n) is 2.44. The van der Waals surface area contributed by atoms with Gasteiger partial charge in [-0.25, -0.2) is 0 Å². The summed E-state index contributed by atoms with van der Waals surface area (Å²) in [5, 5.41) is 8.05. The molecule has 0 radical (unpaired) electrons. The van der Waals surface area contributed by atoms with Crippen molar-refractivity contribution in [1.82, 2.24) is 0 Å². The first-order chi connectivity index (χ1) is 4.91. The third-order valence-corrected chi connectivity index (χ3v) is 1.32. The maximum Gasteiger partial charge on any atom is 0.0598 e. The average Bonchev–Trinajstić information content (AvgIpc) is 1.97. The van der Waals surface area contributed by atoms with Gasteiger partial charge in [0.1, 0.15) is 0 Å². The Morgan fingerprint density at radius 2 is 1.20 bits per heavy atom. The van der Waals surface area contributed by atoms with Crippen LogP contribution in [-0.2, 0) is 0 Å². The normalized spacial score (nSPS) is 11.0. The molecule has 2 heteroatoms. The lowest BCUT2D eigenvalue weighted by atomic mass is 10.3. The molecule has 60 valence electrons. The number of azo groups is 1. The second kappa shape index (κ2) is 8.60. The van der Waals surface area contributed by atoms with E-state index in [1.807, 2.05) is 0 Å². The summed E-state index contributed by atoms with van der Waals surface area (Å²) in [4.78, 5) is 0. The highest BCUT2D eigenvalue weighted by molar-refractivity contribution is 4.41. The molecule has 0 spiro atoms. The predicted octanol–water partition coefficient (Wildman–Crippen LogP) is 3.04. The van der Waals surface area contributed by atoms with Crippen LogP contribution in [0.1, 0.15) is 39.5 Å². The van der Waals surface area contributed by atoms with Crippen molar-refractivity contribution in [2.24, 2.45) is 10.2 Å². The van der Waals surface area contributed by atoms with E-state index in [2.05, 4.69) is 24.1 Å². The highest BCUT2D eigenvalue weighted by atomic mass is 15.1. The Labute approximate surface area is 63.7 Å². The quantitative estimate of drug-likeness (QED) is 0.402. The van der Waals surface area contributed by atoms with Crippen molar-refractivity contribution in [3.8, 4) is 0 Å². The molecule has 0 rings (SSSR count). The molecular formula is C8H18N2. The molecule has 0 aliphatic heterocycles. The van der Waals surface area contributed by atoms with Crippen LogP contribution in [-0.4, -0.2) is 13.1 Å². The summed E-state index contributed by atoms with van der Waals surface area (Å²) < 4.78 is 0. The molecule has 0 unspecified atom stereocenters. The van der Waals surface area contributed by atoms with Crippen molar-refractivity contribution >= 4 is 0 Å². The average molecular weight is 142 g/mol. The molecule has 0 heterocycles. The number of rotatable bonds is 6. The summed E-state index contributed by atoms with van der Waals surface area (Å²) in [6, 6.07) is 0. The van der Waals surface area contributed by atoms with Gasteiger partial charge in [-0.2, -0.15) is 10.2 Å². The fourth-order valence-corrected chi connectivity index (χ4v) is 0.599. The molecule has 0 amide bonds. The summed E-state index contributed by atoms with van der Waals surface area (Å²) in [5.74, 6) is 0. The Kier molecular flexibility index (Phi) is 8.26. The van der Waals surface area contributed by atoms with E-state index >= 15 is 0 Å². The van der Waals surface area contributed by atoms with E-state index < -0.39 is 0 Å². The van der Waals surface area contributed by atoms with Crippen LogP contribution in [0.5, 0.6) is 0 Å². The van der Waals surface area contributed by atoms with Gasteiger partial charge in [0, 0.05) is 0 Å².